The quantitative estimate of drug-likeness (QED) is 0.138. The summed E-state index contributed by atoms with van der Waals surface area (Å²) in [5.41, 5.74) is 3.55. The van der Waals surface area contributed by atoms with Crippen LogP contribution in [0, 0.1) is 6.92 Å². The van der Waals surface area contributed by atoms with E-state index in [0.29, 0.717) is 41.6 Å². The first kappa shape index (κ1) is 34.8. The van der Waals surface area contributed by atoms with Gasteiger partial charge in [-0.1, -0.05) is 33.1 Å². The van der Waals surface area contributed by atoms with Crippen molar-refractivity contribution in [2.24, 2.45) is 0 Å². The van der Waals surface area contributed by atoms with E-state index in [0.717, 1.165) is 62.1 Å². The van der Waals surface area contributed by atoms with Gasteiger partial charge < -0.3 is 35.1 Å². The number of hydrogen-bond acceptors (Lipinski definition) is 6. The molecule has 1 saturated heterocycles. The fourth-order valence-corrected chi connectivity index (χ4v) is 5.45. The van der Waals surface area contributed by atoms with Gasteiger partial charge in [-0.2, -0.15) is 0 Å². The van der Waals surface area contributed by atoms with Gasteiger partial charge in [0.2, 0.25) is 0 Å². The van der Waals surface area contributed by atoms with Gasteiger partial charge in [0.05, 0.1) is 6.61 Å². The van der Waals surface area contributed by atoms with Crippen molar-refractivity contribution in [3.05, 3.63) is 77.4 Å². The minimum atomic E-state index is -0.236. The number of benzene rings is 3. The number of nitrogens with zero attached hydrogens (tertiary/aromatic N) is 1. The highest BCUT2D eigenvalue weighted by atomic mass is 16.5. The largest absolute Gasteiger partial charge is 0.490 e. The average Bonchev–Trinajstić information content (AvgIpc) is 3.05. The molecule has 0 spiro atoms. The Kier molecular flexibility index (Phi) is 13.7. The van der Waals surface area contributed by atoms with E-state index in [-0.39, 0.29) is 18.0 Å². The van der Waals surface area contributed by atoms with E-state index in [1.54, 1.807) is 25.3 Å². The zero-order chi connectivity index (χ0) is 32.7. The molecule has 9 nitrogen and oxygen atoms in total. The molecule has 9 heteroatoms. The van der Waals surface area contributed by atoms with Crippen LogP contribution in [0.2, 0.25) is 0 Å². The number of unbranched alkanes of at least 4 members (excludes halogenated alkanes) is 3. The van der Waals surface area contributed by atoms with E-state index >= 15 is 0 Å². The number of amides is 3. The first-order valence-electron chi connectivity index (χ1n) is 16.6. The van der Waals surface area contributed by atoms with Crippen LogP contribution in [0.25, 0.3) is 0 Å². The first-order chi connectivity index (χ1) is 22.4. The Morgan fingerprint density at radius 1 is 0.848 bits per heavy atom. The maximum atomic E-state index is 13.0. The van der Waals surface area contributed by atoms with Gasteiger partial charge in [-0.05, 0) is 105 Å². The summed E-state index contributed by atoms with van der Waals surface area (Å²) in [6.45, 7) is 10.6. The lowest BCUT2D eigenvalue weighted by Crippen LogP contribution is -2.38. The van der Waals surface area contributed by atoms with Crippen LogP contribution in [0.3, 0.4) is 0 Å². The second kappa shape index (κ2) is 18.2. The van der Waals surface area contributed by atoms with Gasteiger partial charge in [-0.15, -0.1) is 0 Å². The van der Waals surface area contributed by atoms with Crippen molar-refractivity contribution in [2.75, 3.05) is 43.9 Å². The molecule has 0 atom stereocenters. The fourth-order valence-electron chi connectivity index (χ4n) is 5.45. The molecule has 0 radical (unpaired) electrons. The van der Waals surface area contributed by atoms with Crippen molar-refractivity contribution in [1.82, 2.24) is 10.2 Å². The Morgan fingerprint density at radius 3 is 2.22 bits per heavy atom. The number of hydrogen-bond donors (Lipinski definition) is 3. The summed E-state index contributed by atoms with van der Waals surface area (Å²) in [5.74, 6) is 1.88. The Hall–Kier alpha value is -4.08. The summed E-state index contributed by atoms with van der Waals surface area (Å²) < 4.78 is 17.8. The lowest BCUT2D eigenvalue weighted by Gasteiger charge is -2.32. The molecule has 0 unspecified atom stereocenters. The second-order valence-corrected chi connectivity index (χ2v) is 11.9. The number of urea groups is 1. The van der Waals surface area contributed by atoms with Crippen LogP contribution in [-0.2, 0) is 11.3 Å². The summed E-state index contributed by atoms with van der Waals surface area (Å²) in [7, 11) is 1.62. The number of rotatable bonds is 16. The third kappa shape index (κ3) is 10.8. The summed E-state index contributed by atoms with van der Waals surface area (Å²) in [6, 6.07) is 18.1. The van der Waals surface area contributed by atoms with Crippen LogP contribution in [0.4, 0.5) is 16.2 Å². The van der Waals surface area contributed by atoms with Crippen LogP contribution in [0.5, 0.6) is 17.2 Å². The minimum Gasteiger partial charge on any atom is -0.490 e. The number of carbonyl (C=O) groups is 2. The van der Waals surface area contributed by atoms with Gasteiger partial charge in [0.1, 0.15) is 23.4 Å². The van der Waals surface area contributed by atoms with E-state index in [1.165, 1.54) is 19.4 Å². The fraction of sp³-hybridized carbons (Fsp3) is 0.459. The Labute approximate surface area is 274 Å². The van der Waals surface area contributed by atoms with Crippen LogP contribution in [-0.4, -0.2) is 56.2 Å². The highest BCUT2D eigenvalue weighted by Gasteiger charge is 2.20. The second-order valence-electron chi connectivity index (χ2n) is 11.9. The third-order valence-electron chi connectivity index (χ3n) is 8.12. The molecule has 0 aromatic heterocycles. The van der Waals surface area contributed by atoms with Crippen molar-refractivity contribution >= 4 is 23.3 Å². The van der Waals surface area contributed by atoms with Crippen LogP contribution >= 0.6 is 0 Å². The Balaban J connectivity index is 1.30. The van der Waals surface area contributed by atoms with E-state index in [9.17, 15) is 9.59 Å². The molecule has 1 heterocycles. The highest BCUT2D eigenvalue weighted by Crippen LogP contribution is 2.32. The molecule has 1 aliphatic heterocycles. The van der Waals surface area contributed by atoms with E-state index < -0.39 is 0 Å². The van der Waals surface area contributed by atoms with E-state index in [4.69, 9.17) is 14.2 Å². The standard InChI is InChI=1S/C37H50N4O5/c1-5-7-9-20-38-37(43)40-31-13-17-35(29(25-31)26-44-4)46-34-16-12-30(24-27(34)3)39-36(42)28-10-14-32(15-11-28)45-33-18-22-41(23-19-33)21-8-6-2/h10-17,24-25,33H,5-9,18-23,26H2,1-4H3,(H,39,42)(H2,38,40,43). The SMILES string of the molecule is CCCCCNC(=O)Nc1ccc(Oc2ccc(NC(=O)c3ccc(OC4CCN(CCCC)CC4)cc3)cc2C)c(COC)c1. The van der Waals surface area contributed by atoms with Crippen LogP contribution < -0.4 is 25.4 Å². The molecule has 0 saturated carbocycles. The number of anilines is 2. The topological polar surface area (TPSA) is 101 Å². The zero-order valence-corrected chi connectivity index (χ0v) is 27.8. The van der Waals surface area contributed by atoms with Crippen LogP contribution in [0.15, 0.2) is 60.7 Å². The average molecular weight is 631 g/mol. The predicted octanol–water partition coefficient (Wildman–Crippen LogP) is 8.14. The van der Waals surface area contributed by atoms with Gasteiger partial charge in [0, 0.05) is 49.2 Å². The maximum Gasteiger partial charge on any atom is 0.319 e. The number of carbonyl (C=O) groups excluding carboxylic acids is 2. The van der Waals surface area contributed by atoms with Crippen molar-refractivity contribution in [1.29, 1.82) is 0 Å². The van der Waals surface area contributed by atoms with E-state index in [2.05, 4.69) is 34.7 Å². The maximum absolute atomic E-state index is 13.0. The van der Waals surface area contributed by atoms with E-state index in [1.807, 2.05) is 49.4 Å². The van der Waals surface area contributed by atoms with Crippen LogP contribution in [0.1, 0.15) is 80.3 Å². The van der Waals surface area contributed by atoms with Gasteiger partial charge >= 0.3 is 6.03 Å². The number of ether oxygens (including phenoxy) is 3. The van der Waals surface area contributed by atoms with Crippen molar-refractivity contribution in [3.63, 3.8) is 0 Å². The number of piperidine rings is 1. The molecule has 0 bridgehead atoms. The normalized spacial score (nSPS) is 13.7. The van der Waals surface area contributed by atoms with Crippen molar-refractivity contribution in [2.45, 2.75) is 78.4 Å². The lowest BCUT2D eigenvalue weighted by molar-refractivity contribution is 0.0996. The number of methoxy groups -OCH3 is 1. The van der Waals surface area contributed by atoms with Gasteiger partial charge in [0.25, 0.3) is 5.91 Å². The zero-order valence-electron chi connectivity index (χ0n) is 27.8. The molecule has 1 aliphatic rings. The van der Waals surface area contributed by atoms with Gasteiger partial charge in [-0.3, -0.25) is 4.79 Å². The molecule has 3 N–H and O–H groups in total. The summed E-state index contributed by atoms with van der Waals surface area (Å²) in [6.07, 6.45) is 7.88. The number of nitrogens with one attached hydrogen (secondary N) is 3. The smallest absolute Gasteiger partial charge is 0.319 e. The third-order valence-corrected chi connectivity index (χ3v) is 8.12. The molecule has 46 heavy (non-hydrogen) atoms. The predicted molar refractivity (Wildman–Crippen MR) is 184 cm³/mol. The molecule has 4 rings (SSSR count). The molecular formula is C37H50N4O5. The summed E-state index contributed by atoms with van der Waals surface area (Å²) in [5, 5.41) is 8.74. The monoisotopic (exact) mass is 630 g/mol. The first-order valence-corrected chi connectivity index (χ1v) is 16.6. The molecule has 0 aliphatic carbocycles. The van der Waals surface area contributed by atoms with Gasteiger partial charge in [0.15, 0.2) is 0 Å². The Morgan fingerprint density at radius 2 is 1.54 bits per heavy atom. The van der Waals surface area contributed by atoms with Crippen molar-refractivity contribution in [3.8, 4) is 17.2 Å². The molecule has 1 fully saturated rings. The van der Waals surface area contributed by atoms with Crippen molar-refractivity contribution < 1.29 is 23.8 Å². The van der Waals surface area contributed by atoms with Gasteiger partial charge in [-0.25, -0.2) is 4.79 Å². The lowest BCUT2D eigenvalue weighted by atomic mass is 10.1. The Bertz CT molecular complexity index is 1400. The molecule has 3 amide bonds. The molecule has 248 valence electrons. The molecular weight excluding hydrogens is 580 g/mol. The minimum absolute atomic E-state index is 0.191. The highest BCUT2D eigenvalue weighted by molar-refractivity contribution is 6.04. The number of likely N-dealkylation sites (tertiary alicyclic amines) is 1. The summed E-state index contributed by atoms with van der Waals surface area (Å²) in [4.78, 5) is 27.8. The molecule has 3 aromatic rings. The summed E-state index contributed by atoms with van der Waals surface area (Å²) >= 11 is 0. The number of aryl methyl sites for hydroxylation is 1. The molecule has 3 aromatic carbocycles.